The van der Waals surface area contributed by atoms with Gasteiger partial charge in [-0.3, -0.25) is 0 Å². The Labute approximate surface area is 134 Å². The van der Waals surface area contributed by atoms with Crippen LogP contribution in [0.3, 0.4) is 0 Å². The maximum absolute atomic E-state index is 11.6. The van der Waals surface area contributed by atoms with E-state index in [0.29, 0.717) is 29.4 Å². The lowest BCUT2D eigenvalue weighted by molar-refractivity contribution is 0.355. The summed E-state index contributed by atoms with van der Waals surface area (Å²) < 4.78 is 35.4. The van der Waals surface area contributed by atoms with Crippen molar-refractivity contribution in [3.8, 4) is 22.8 Å². The molecule has 1 aromatic carbocycles. The summed E-state index contributed by atoms with van der Waals surface area (Å²) in [7, 11) is 0.153. The first-order valence-electron chi connectivity index (χ1n) is 7.21. The second-order valence-electron chi connectivity index (χ2n) is 5.53. The first kappa shape index (κ1) is 15.7. The number of sulfone groups is 1. The van der Waals surface area contributed by atoms with E-state index >= 15 is 0 Å². The van der Waals surface area contributed by atoms with Gasteiger partial charge in [0.2, 0.25) is 0 Å². The molecule has 1 aliphatic heterocycles. The molecule has 2 N–H and O–H groups in total. The van der Waals surface area contributed by atoms with Crippen LogP contribution in [0.1, 0.15) is 12.5 Å². The average Bonchev–Trinajstić information content (AvgIpc) is 3.08. The Hall–Kier alpha value is -2.22. The van der Waals surface area contributed by atoms with Gasteiger partial charge in [-0.25, -0.2) is 13.1 Å². The number of methoxy groups -OCH3 is 2. The minimum atomic E-state index is -2.99. The van der Waals surface area contributed by atoms with E-state index < -0.39 is 9.84 Å². The van der Waals surface area contributed by atoms with E-state index in [9.17, 15) is 8.42 Å². The van der Waals surface area contributed by atoms with Crippen LogP contribution in [0.2, 0.25) is 0 Å². The molecule has 0 aliphatic carbocycles. The molecule has 124 valence electrons. The highest BCUT2D eigenvalue weighted by Gasteiger charge is 2.31. The third-order valence-electron chi connectivity index (χ3n) is 4.00. The Morgan fingerprint density at radius 1 is 1.22 bits per heavy atom. The van der Waals surface area contributed by atoms with Gasteiger partial charge in [0, 0.05) is 11.6 Å². The molecule has 7 nitrogen and oxygen atoms in total. The number of hydrogen-bond donors (Lipinski definition) is 1. The van der Waals surface area contributed by atoms with E-state index in [1.54, 1.807) is 31.0 Å². The number of hydrogen-bond acceptors (Lipinski definition) is 6. The number of aromatic nitrogens is 2. The molecule has 2 heterocycles. The first-order valence-corrected chi connectivity index (χ1v) is 9.03. The molecule has 0 unspecified atom stereocenters. The number of nitrogens with two attached hydrogens (primary N) is 1. The van der Waals surface area contributed by atoms with Crippen molar-refractivity contribution in [2.75, 3.05) is 31.5 Å². The van der Waals surface area contributed by atoms with Crippen LogP contribution in [0.25, 0.3) is 11.3 Å². The summed E-state index contributed by atoms with van der Waals surface area (Å²) in [4.78, 5) is 0. The summed E-state index contributed by atoms with van der Waals surface area (Å²) in [5.41, 5.74) is 7.53. The Morgan fingerprint density at radius 2 is 1.96 bits per heavy atom. The van der Waals surface area contributed by atoms with Gasteiger partial charge in [-0.05, 0) is 24.6 Å². The smallest absolute Gasteiger partial charge is 0.161 e. The highest BCUT2D eigenvalue weighted by Crippen LogP contribution is 2.33. The van der Waals surface area contributed by atoms with Crippen molar-refractivity contribution in [1.82, 2.24) is 9.78 Å². The Bertz CT molecular complexity index is 829. The highest BCUT2D eigenvalue weighted by molar-refractivity contribution is 7.91. The van der Waals surface area contributed by atoms with Crippen LogP contribution < -0.4 is 15.2 Å². The third kappa shape index (κ3) is 2.98. The Morgan fingerprint density at radius 3 is 2.57 bits per heavy atom. The van der Waals surface area contributed by atoms with Crippen molar-refractivity contribution in [2.45, 2.75) is 12.5 Å². The van der Waals surface area contributed by atoms with E-state index in [1.165, 1.54) is 0 Å². The largest absolute Gasteiger partial charge is 0.493 e. The van der Waals surface area contributed by atoms with Crippen LogP contribution in [0.4, 0.5) is 5.82 Å². The predicted molar refractivity (Wildman–Crippen MR) is 87.5 cm³/mol. The fourth-order valence-electron chi connectivity index (χ4n) is 2.81. The molecule has 1 aliphatic rings. The average molecular weight is 337 g/mol. The van der Waals surface area contributed by atoms with Crippen molar-refractivity contribution >= 4 is 15.7 Å². The zero-order valence-electron chi connectivity index (χ0n) is 13.0. The Balaban J connectivity index is 1.95. The van der Waals surface area contributed by atoms with Crippen LogP contribution >= 0.6 is 0 Å². The predicted octanol–water partition coefficient (Wildman–Crippen LogP) is 1.51. The standard InChI is InChI=1S/C15H19N3O4S/c1-21-13-4-3-10(7-14(13)22-2)12-8-15(16)18(17-12)11-5-6-23(19,20)9-11/h3-4,7-8,11H,5-6,9,16H2,1-2H3/t11-/m1/s1. The van der Waals surface area contributed by atoms with Crippen molar-refractivity contribution in [2.24, 2.45) is 0 Å². The van der Waals surface area contributed by atoms with Crippen molar-refractivity contribution < 1.29 is 17.9 Å². The van der Waals surface area contributed by atoms with Gasteiger partial charge in [0.15, 0.2) is 21.3 Å². The normalized spacial score (nSPS) is 19.7. The topological polar surface area (TPSA) is 96.4 Å². The van der Waals surface area contributed by atoms with Crippen molar-refractivity contribution in [1.29, 1.82) is 0 Å². The molecule has 23 heavy (non-hydrogen) atoms. The molecule has 0 saturated carbocycles. The molecular formula is C15H19N3O4S. The summed E-state index contributed by atoms with van der Waals surface area (Å²) >= 11 is 0. The second kappa shape index (κ2) is 5.77. The van der Waals surface area contributed by atoms with Crippen LogP contribution in [-0.4, -0.2) is 43.9 Å². The van der Waals surface area contributed by atoms with E-state index in [0.717, 1.165) is 5.56 Å². The molecule has 1 aromatic heterocycles. The highest BCUT2D eigenvalue weighted by atomic mass is 32.2. The van der Waals surface area contributed by atoms with Crippen LogP contribution in [0.5, 0.6) is 11.5 Å². The third-order valence-corrected chi connectivity index (χ3v) is 5.75. The molecule has 1 fully saturated rings. The zero-order valence-corrected chi connectivity index (χ0v) is 13.8. The minimum absolute atomic E-state index is 0.0876. The summed E-state index contributed by atoms with van der Waals surface area (Å²) in [5, 5.41) is 4.49. The number of rotatable bonds is 4. The fraction of sp³-hybridized carbons (Fsp3) is 0.400. The number of nitrogen functional groups attached to an aromatic ring is 1. The van der Waals surface area contributed by atoms with E-state index in [2.05, 4.69) is 5.10 Å². The molecule has 0 amide bonds. The van der Waals surface area contributed by atoms with Crippen molar-refractivity contribution in [3.63, 3.8) is 0 Å². The molecular weight excluding hydrogens is 318 g/mol. The second-order valence-corrected chi connectivity index (χ2v) is 7.75. The number of benzene rings is 1. The summed E-state index contributed by atoms with van der Waals surface area (Å²) in [6.07, 6.45) is 0.541. The van der Waals surface area contributed by atoms with Gasteiger partial charge in [0.25, 0.3) is 0 Å². The lowest BCUT2D eigenvalue weighted by Crippen LogP contribution is -2.14. The lowest BCUT2D eigenvalue weighted by atomic mass is 10.1. The van der Waals surface area contributed by atoms with Gasteiger partial charge < -0.3 is 15.2 Å². The number of ether oxygens (including phenoxy) is 2. The molecule has 1 atom stereocenters. The maximum atomic E-state index is 11.6. The molecule has 0 radical (unpaired) electrons. The van der Waals surface area contributed by atoms with Crippen molar-refractivity contribution in [3.05, 3.63) is 24.3 Å². The monoisotopic (exact) mass is 337 g/mol. The van der Waals surface area contributed by atoms with Crippen LogP contribution in [0.15, 0.2) is 24.3 Å². The first-order chi connectivity index (χ1) is 10.9. The molecule has 2 aromatic rings. The van der Waals surface area contributed by atoms with Gasteiger partial charge in [0.1, 0.15) is 5.82 Å². The van der Waals surface area contributed by atoms with Gasteiger partial charge in [-0.1, -0.05) is 0 Å². The van der Waals surface area contributed by atoms with Crippen LogP contribution in [0, 0.1) is 0 Å². The van der Waals surface area contributed by atoms with Crippen LogP contribution in [-0.2, 0) is 9.84 Å². The summed E-state index contributed by atoms with van der Waals surface area (Å²) in [6, 6.07) is 7.01. The molecule has 1 saturated heterocycles. The van der Waals surface area contributed by atoms with Gasteiger partial charge in [-0.15, -0.1) is 0 Å². The number of anilines is 1. The number of nitrogens with zero attached hydrogens (tertiary/aromatic N) is 2. The van der Waals surface area contributed by atoms with Gasteiger partial charge >= 0.3 is 0 Å². The van der Waals surface area contributed by atoms with Gasteiger partial charge in [0.05, 0.1) is 37.5 Å². The van der Waals surface area contributed by atoms with E-state index in [4.69, 9.17) is 15.2 Å². The molecule has 0 bridgehead atoms. The summed E-state index contributed by atoms with van der Waals surface area (Å²) in [6.45, 7) is 0. The Kier molecular flexibility index (Phi) is 3.93. The molecule has 8 heteroatoms. The van der Waals surface area contributed by atoms with E-state index in [-0.39, 0.29) is 17.5 Å². The fourth-order valence-corrected chi connectivity index (χ4v) is 4.50. The molecule has 3 rings (SSSR count). The quantitative estimate of drug-likeness (QED) is 0.908. The van der Waals surface area contributed by atoms with E-state index in [1.807, 2.05) is 12.1 Å². The maximum Gasteiger partial charge on any atom is 0.161 e. The van der Waals surface area contributed by atoms with Gasteiger partial charge in [-0.2, -0.15) is 5.10 Å². The minimum Gasteiger partial charge on any atom is -0.493 e. The zero-order chi connectivity index (χ0) is 16.6. The summed E-state index contributed by atoms with van der Waals surface area (Å²) in [5.74, 6) is 1.95. The SMILES string of the molecule is COc1ccc(-c2cc(N)n([C@@H]3CCS(=O)(=O)C3)n2)cc1OC. The lowest BCUT2D eigenvalue weighted by Gasteiger charge is -2.10. The molecule has 0 spiro atoms.